The molecule has 204 valence electrons. The van der Waals surface area contributed by atoms with Crippen molar-refractivity contribution in [3.63, 3.8) is 0 Å². The second-order valence-electron chi connectivity index (χ2n) is 8.48. The highest BCUT2D eigenvalue weighted by Crippen LogP contribution is 2.34. The van der Waals surface area contributed by atoms with Gasteiger partial charge in [0, 0.05) is 5.38 Å². The van der Waals surface area contributed by atoms with Gasteiger partial charge in [0.1, 0.15) is 10.9 Å². The summed E-state index contributed by atoms with van der Waals surface area (Å²) in [4.78, 5) is 31.7. The highest BCUT2D eigenvalue weighted by molar-refractivity contribution is 7.87. The highest BCUT2D eigenvalue weighted by Gasteiger charge is 2.31. The lowest BCUT2D eigenvalue weighted by atomic mass is 9.97. The van der Waals surface area contributed by atoms with Crippen molar-refractivity contribution in [1.29, 1.82) is 0 Å². The van der Waals surface area contributed by atoms with Crippen molar-refractivity contribution < 1.29 is 27.3 Å². The van der Waals surface area contributed by atoms with E-state index in [-0.39, 0.29) is 12.1 Å². The van der Waals surface area contributed by atoms with E-state index in [9.17, 15) is 18.0 Å². The molecule has 9 nitrogen and oxygen atoms in total. The van der Waals surface area contributed by atoms with Crippen LogP contribution in [0.1, 0.15) is 22.2 Å². The van der Waals surface area contributed by atoms with Crippen molar-refractivity contribution in [2.75, 3.05) is 11.8 Å². The van der Waals surface area contributed by atoms with Crippen LogP contribution in [0.5, 0.6) is 0 Å². The standard InChI is InChI=1S/C26H24ClN3O6S3/c1-36-26(32)19(13-16-5-3-2-4-6-16)24(31)28-20(14-17-7-9-18(10-8-17)30-39(33,34)35)25-29-21(15-37-25)22-11-12-23(27)38-22/h2-12,15,19-20,30H,13-14H2,1H3,(H,28,31)(H,33,34,35). The van der Waals surface area contributed by atoms with Gasteiger partial charge in [-0.25, -0.2) is 4.98 Å². The minimum absolute atomic E-state index is 0.166. The third-order valence-corrected chi connectivity index (χ3v) is 8.39. The molecule has 1 amide bonds. The van der Waals surface area contributed by atoms with Gasteiger partial charge in [-0.15, -0.1) is 22.7 Å². The van der Waals surface area contributed by atoms with Gasteiger partial charge in [0.15, 0.2) is 0 Å². The van der Waals surface area contributed by atoms with Gasteiger partial charge < -0.3 is 10.1 Å². The van der Waals surface area contributed by atoms with Gasteiger partial charge in [-0.2, -0.15) is 8.42 Å². The first-order valence-electron chi connectivity index (χ1n) is 11.6. The second kappa shape index (κ2) is 12.7. The lowest BCUT2D eigenvalue weighted by Crippen LogP contribution is -2.40. The zero-order valence-corrected chi connectivity index (χ0v) is 23.7. The summed E-state index contributed by atoms with van der Waals surface area (Å²) < 4.78 is 38.8. The predicted molar refractivity (Wildman–Crippen MR) is 152 cm³/mol. The van der Waals surface area contributed by atoms with Crippen LogP contribution in [-0.4, -0.2) is 36.9 Å². The molecular formula is C26H24ClN3O6S3. The van der Waals surface area contributed by atoms with E-state index in [0.29, 0.717) is 21.5 Å². The highest BCUT2D eigenvalue weighted by atomic mass is 35.5. The number of benzene rings is 2. The summed E-state index contributed by atoms with van der Waals surface area (Å²) in [6.07, 6.45) is 0.466. The lowest BCUT2D eigenvalue weighted by molar-refractivity contribution is -0.150. The monoisotopic (exact) mass is 605 g/mol. The van der Waals surface area contributed by atoms with E-state index >= 15 is 0 Å². The van der Waals surface area contributed by atoms with Crippen molar-refractivity contribution in [3.8, 4) is 10.6 Å². The summed E-state index contributed by atoms with van der Waals surface area (Å²) in [5, 5.41) is 5.46. The fourth-order valence-electron chi connectivity index (χ4n) is 3.85. The Kier molecular flexibility index (Phi) is 9.36. The Hall–Kier alpha value is -3.29. The SMILES string of the molecule is COC(=O)C(Cc1ccccc1)C(=O)NC(Cc1ccc(NS(=O)(=O)O)cc1)c1nc(-c2ccc(Cl)s2)cs1. The summed E-state index contributed by atoms with van der Waals surface area (Å²) in [5.74, 6) is -2.23. The average Bonchev–Trinajstić information content (AvgIpc) is 3.56. The molecule has 0 saturated carbocycles. The van der Waals surface area contributed by atoms with E-state index in [2.05, 4.69) is 5.32 Å². The van der Waals surface area contributed by atoms with E-state index in [4.69, 9.17) is 25.9 Å². The number of hydrogen-bond acceptors (Lipinski definition) is 8. The molecule has 0 saturated heterocycles. The molecule has 39 heavy (non-hydrogen) atoms. The number of methoxy groups -OCH3 is 1. The van der Waals surface area contributed by atoms with Gasteiger partial charge in [0.25, 0.3) is 0 Å². The molecule has 0 aliphatic carbocycles. The number of rotatable bonds is 11. The predicted octanol–water partition coefficient (Wildman–Crippen LogP) is 5.17. The number of esters is 1. The Morgan fingerprint density at radius 2 is 1.72 bits per heavy atom. The molecule has 0 radical (unpaired) electrons. The largest absolute Gasteiger partial charge is 0.468 e. The van der Waals surface area contributed by atoms with Crippen LogP contribution in [0.2, 0.25) is 4.34 Å². The van der Waals surface area contributed by atoms with Crippen LogP contribution in [0.25, 0.3) is 10.6 Å². The molecule has 4 aromatic rings. The Balaban J connectivity index is 1.61. The minimum Gasteiger partial charge on any atom is -0.468 e. The maximum absolute atomic E-state index is 13.5. The van der Waals surface area contributed by atoms with Gasteiger partial charge in [0.05, 0.1) is 33.7 Å². The van der Waals surface area contributed by atoms with Crippen LogP contribution < -0.4 is 10.0 Å². The number of halogens is 1. The minimum atomic E-state index is -4.41. The summed E-state index contributed by atoms with van der Waals surface area (Å²) in [7, 11) is -3.16. The van der Waals surface area contributed by atoms with E-state index in [1.54, 1.807) is 18.2 Å². The Morgan fingerprint density at radius 1 is 1.03 bits per heavy atom. The van der Waals surface area contributed by atoms with Crippen molar-refractivity contribution >= 4 is 62.1 Å². The molecule has 0 spiro atoms. The third kappa shape index (κ3) is 8.10. The molecule has 0 fully saturated rings. The quantitative estimate of drug-likeness (QED) is 0.122. The van der Waals surface area contributed by atoms with E-state index in [1.165, 1.54) is 41.9 Å². The Bertz CT molecular complexity index is 1540. The number of ether oxygens (including phenoxy) is 1. The summed E-state index contributed by atoms with van der Waals surface area (Å²) in [5.41, 5.74) is 2.47. The summed E-state index contributed by atoms with van der Waals surface area (Å²) >= 11 is 8.84. The van der Waals surface area contributed by atoms with E-state index < -0.39 is 34.1 Å². The zero-order valence-electron chi connectivity index (χ0n) is 20.5. The van der Waals surface area contributed by atoms with E-state index in [0.717, 1.165) is 16.0 Å². The fraction of sp³-hybridized carbons (Fsp3) is 0.192. The molecular weight excluding hydrogens is 582 g/mol. The number of thiophene rings is 1. The number of anilines is 1. The second-order valence-corrected chi connectivity index (χ2v) is 12.2. The van der Waals surface area contributed by atoms with Crippen LogP contribution in [-0.2, 0) is 37.5 Å². The average molecular weight is 606 g/mol. The third-order valence-electron chi connectivity index (χ3n) is 5.69. The van der Waals surface area contributed by atoms with Gasteiger partial charge >= 0.3 is 16.3 Å². The topological polar surface area (TPSA) is 135 Å². The molecule has 0 bridgehead atoms. The van der Waals surface area contributed by atoms with Crippen LogP contribution in [0.15, 0.2) is 72.1 Å². The summed E-state index contributed by atoms with van der Waals surface area (Å²) in [6, 6.07) is 18.6. The normalized spacial score (nSPS) is 12.9. The zero-order chi connectivity index (χ0) is 28.0. The molecule has 2 heterocycles. The van der Waals surface area contributed by atoms with Crippen molar-refractivity contribution in [2.24, 2.45) is 5.92 Å². The molecule has 2 unspecified atom stereocenters. The molecule has 2 aromatic carbocycles. The van der Waals surface area contributed by atoms with Gasteiger partial charge in [-0.05, 0) is 48.2 Å². The molecule has 0 aliphatic heterocycles. The number of nitrogens with zero attached hydrogens (tertiary/aromatic N) is 1. The maximum atomic E-state index is 13.5. The van der Waals surface area contributed by atoms with Crippen LogP contribution in [0.4, 0.5) is 5.69 Å². The maximum Gasteiger partial charge on any atom is 0.357 e. The lowest BCUT2D eigenvalue weighted by Gasteiger charge is -2.21. The Morgan fingerprint density at radius 3 is 2.33 bits per heavy atom. The van der Waals surface area contributed by atoms with Crippen molar-refractivity contribution in [1.82, 2.24) is 10.3 Å². The first kappa shape index (κ1) is 28.7. The molecule has 3 N–H and O–H groups in total. The first-order valence-corrected chi connectivity index (χ1v) is 15.1. The molecule has 13 heteroatoms. The molecule has 2 aromatic heterocycles. The number of carbonyl (C=O) groups excluding carboxylic acids is 2. The van der Waals surface area contributed by atoms with Crippen LogP contribution >= 0.6 is 34.3 Å². The van der Waals surface area contributed by atoms with Crippen molar-refractivity contribution in [3.05, 3.63) is 92.6 Å². The number of nitrogens with one attached hydrogen (secondary N) is 2. The van der Waals surface area contributed by atoms with Gasteiger partial charge in [0.2, 0.25) is 5.91 Å². The first-order chi connectivity index (χ1) is 18.6. The number of carbonyl (C=O) groups is 2. The van der Waals surface area contributed by atoms with Crippen LogP contribution in [0, 0.1) is 5.92 Å². The Labute approximate surface area is 238 Å². The molecule has 2 atom stereocenters. The number of aromatic nitrogens is 1. The summed E-state index contributed by atoms with van der Waals surface area (Å²) in [6.45, 7) is 0. The van der Waals surface area contributed by atoms with Gasteiger partial charge in [-0.1, -0.05) is 54.1 Å². The fourth-order valence-corrected chi connectivity index (χ4v) is 6.24. The van der Waals surface area contributed by atoms with E-state index in [1.807, 2.05) is 46.5 Å². The van der Waals surface area contributed by atoms with Gasteiger partial charge in [-0.3, -0.25) is 18.9 Å². The number of hydrogen-bond donors (Lipinski definition) is 3. The smallest absolute Gasteiger partial charge is 0.357 e. The number of thiazole rings is 1. The molecule has 0 aliphatic rings. The van der Waals surface area contributed by atoms with Crippen molar-refractivity contribution in [2.45, 2.75) is 18.9 Å². The molecule has 4 rings (SSSR count). The van der Waals surface area contributed by atoms with Crippen LogP contribution in [0.3, 0.4) is 0 Å². The number of amides is 1.